The van der Waals surface area contributed by atoms with E-state index in [4.69, 9.17) is 4.74 Å². The molecule has 1 aliphatic rings. The maximum atomic E-state index is 12.0. The summed E-state index contributed by atoms with van der Waals surface area (Å²) in [6.45, 7) is 1.28. The van der Waals surface area contributed by atoms with Crippen LogP contribution in [0.5, 0.6) is 0 Å². The van der Waals surface area contributed by atoms with Gasteiger partial charge in [0.2, 0.25) is 5.82 Å². The van der Waals surface area contributed by atoms with Crippen molar-refractivity contribution in [1.82, 2.24) is 20.5 Å². The third-order valence-electron chi connectivity index (χ3n) is 3.55. The number of hydrogen-bond donors (Lipinski definition) is 3. The van der Waals surface area contributed by atoms with Crippen LogP contribution in [0.25, 0.3) is 0 Å². The van der Waals surface area contributed by atoms with Gasteiger partial charge in [0.25, 0.3) is 11.8 Å². The average molecular weight is 315 g/mol. The predicted octanol–water partition coefficient (Wildman–Crippen LogP) is 0.966. The van der Waals surface area contributed by atoms with Crippen LogP contribution < -0.4 is 10.6 Å². The molecule has 3 rings (SSSR count). The first-order valence-electron chi connectivity index (χ1n) is 7.39. The molecule has 1 saturated heterocycles. The van der Waals surface area contributed by atoms with Gasteiger partial charge in [0.1, 0.15) is 6.33 Å². The van der Waals surface area contributed by atoms with Crippen molar-refractivity contribution < 1.29 is 14.3 Å². The Morgan fingerprint density at radius 1 is 1.26 bits per heavy atom. The van der Waals surface area contributed by atoms with E-state index in [-0.39, 0.29) is 17.8 Å². The fourth-order valence-electron chi connectivity index (χ4n) is 2.32. The maximum absolute atomic E-state index is 12.0. The highest BCUT2D eigenvalue weighted by Crippen LogP contribution is 2.12. The molecule has 1 aromatic heterocycles. The Hall–Kier alpha value is -2.74. The summed E-state index contributed by atoms with van der Waals surface area (Å²) < 4.78 is 5.46. The molecular formula is C15H17N5O3. The third kappa shape index (κ3) is 3.92. The van der Waals surface area contributed by atoms with Gasteiger partial charge < -0.3 is 15.4 Å². The van der Waals surface area contributed by atoms with Gasteiger partial charge in [0, 0.05) is 24.4 Å². The van der Waals surface area contributed by atoms with Crippen LogP contribution in [-0.2, 0) is 4.74 Å². The lowest BCUT2D eigenvalue weighted by Crippen LogP contribution is -2.31. The molecule has 8 heteroatoms. The number of amides is 2. The number of anilines is 1. The number of rotatable bonds is 5. The smallest absolute Gasteiger partial charge is 0.292 e. The number of carbonyl (C=O) groups excluding carboxylic acids is 2. The molecule has 3 N–H and O–H groups in total. The minimum Gasteiger partial charge on any atom is -0.376 e. The van der Waals surface area contributed by atoms with Gasteiger partial charge >= 0.3 is 0 Å². The lowest BCUT2D eigenvalue weighted by Gasteiger charge is -2.11. The minimum absolute atomic E-state index is 0.111. The van der Waals surface area contributed by atoms with Gasteiger partial charge in [0.15, 0.2) is 0 Å². The first kappa shape index (κ1) is 15.2. The molecule has 0 bridgehead atoms. The molecule has 2 amide bonds. The zero-order valence-electron chi connectivity index (χ0n) is 12.4. The number of carbonyl (C=O) groups is 2. The Balaban J connectivity index is 1.53. The van der Waals surface area contributed by atoms with E-state index in [2.05, 4.69) is 25.8 Å². The van der Waals surface area contributed by atoms with Crippen LogP contribution in [0.3, 0.4) is 0 Å². The summed E-state index contributed by atoms with van der Waals surface area (Å²) in [7, 11) is 0. The number of nitrogens with zero attached hydrogens (tertiary/aromatic N) is 2. The Bertz CT molecular complexity index is 663. The molecule has 2 heterocycles. The van der Waals surface area contributed by atoms with Crippen molar-refractivity contribution in [3.05, 3.63) is 42.0 Å². The van der Waals surface area contributed by atoms with Crippen molar-refractivity contribution in [3.8, 4) is 0 Å². The number of aromatic nitrogens is 3. The standard InChI is InChI=1S/C15H17N5O3/c21-14(16-8-12-2-1-7-23-12)10-3-5-11(6-4-10)19-15(22)13-17-9-18-20-13/h3-6,9,12H,1-2,7-8H2,(H,16,21)(H,19,22)(H,17,18,20)/t12-/m1/s1. The molecule has 0 aliphatic carbocycles. The van der Waals surface area contributed by atoms with Gasteiger partial charge in [-0.2, -0.15) is 5.10 Å². The van der Waals surface area contributed by atoms with Gasteiger partial charge in [-0.05, 0) is 37.1 Å². The quantitative estimate of drug-likeness (QED) is 0.761. The lowest BCUT2D eigenvalue weighted by molar-refractivity contribution is 0.0857. The Kier molecular flexibility index (Phi) is 4.62. The van der Waals surface area contributed by atoms with E-state index in [9.17, 15) is 9.59 Å². The van der Waals surface area contributed by atoms with Gasteiger partial charge in [0.05, 0.1) is 6.10 Å². The second-order valence-electron chi connectivity index (χ2n) is 5.21. The Morgan fingerprint density at radius 3 is 2.74 bits per heavy atom. The molecule has 0 spiro atoms. The van der Waals surface area contributed by atoms with Crippen molar-refractivity contribution in [1.29, 1.82) is 0 Å². The van der Waals surface area contributed by atoms with Crippen molar-refractivity contribution in [2.75, 3.05) is 18.5 Å². The second kappa shape index (κ2) is 7.01. The lowest BCUT2D eigenvalue weighted by atomic mass is 10.2. The van der Waals surface area contributed by atoms with E-state index < -0.39 is 5.91 Å². The van der Waals surface area contributed by atoms with Gasteiger partial charge in [-0.25, -0.2) is 4.98 Å². The molecule has 0 unspecified atom stereocenters. The summed E-state index contributed by atoms with van der Waals surface area (Å²) in [5.74, 6) is -0.421. The topological polar surface area (TPSA) is 109 Å². The van der Waals surface area contributed by atoms with Gasteiger partial charge in [-0.15, -0.1) is 0 Å². The number of hydrogen-bond acceptors (Lipinski definition) is 5. The Morgan fingerprint density at radius 2 is 2.09 bits per heavy atom. The van der Waals surface area contributed by atoms with E-state index in [1.54, 1.807) is 24.3 Å². The van der Waals surface area contributed by atoms with Crippen molar-refractivity contribution in [3.63, 3.8) is 0 Å². The van der Waals surface area contributed by atoms with E-state index in [0.717, 1.165) is 19.4 Å². The molecule has 0 radical (unpaired) electrons. The maximum Gasteiger partial charge on any atom is 0.292 e. The fourth-order valence-corrected chi connectivity index (χ4v) is 2.32. The fraction of sp³-hybridized carbons (Fsp3) is 0.333. The van der Waals surface area contributed by atoms with Crippen LogP contribution in [0.1, 0.15) is 33.8 Å². The molecule has 23 heavy (non-hydrogen) atoms. The zero-order chi connectivity index (χ0) is 16.1. The summed E-state index contributed by atoms with van der Waals surface area (Å²) in [5.41, 5.74) is 1.10. The van der Waals surface area contributed by atoms with Crippen molar-refractivity contribution in [2.24, 2.45) is 0 Å². The monoisotopic (exact) mass is 315 g/mol. The molecular weight excluding hydrogens is 298 g/mol. The van der Waals surface area contributed by atoms with E-state index in [1.807, 2.05) is 0 Å². The van der Waals surface area contributed by atoms with Gasteiger partial charge in [-0.3, -0.25) is 14.7 Å². The molecule has 1 aliphatic heterocycles. The van der Waals surface area contributed by atoms with E-state index in [0.29, 0.717) is 17.8 Å². The molecule has 120 valence electrons. The number of benzene rings is 1. The van der Waals surface area contributed by atoms with E-state index >= 15 is 0 Å². The summed E-state index contributed by atoms with van der Waals surface area (Å²) in [6, 6.07) is 6.63. The summed E-state index contributed by atoms with van der Waals surface area (Å²) in [4.78, 5) is 27.6. The average Bonchev–Trinajstić information content (AvgIpc) is 3.26. The van der Waals surface area contributed by atoms with Crippen LogP contribution >= 0.6 is 0 Å². The largest absolute Gasteiger partial charge is 0.376 e. The molecule has 1 aromatic carbocycles. The third-order valence-corrected chi connectivity index (χ3v) is 3.55. The summed E-state index contributed by atoms with van der Waals surface area (Å²) in [5, 5.41) is 11.6. The van der Waals surface area contributed by atoms with Crippen molar-refractivity contribution in [2.45, 2.75) is 18.9 Å². The predicted molar refractivity (Wildman–Crippen MR) is 82.1 cm³/mol. The molecule has 2 aromatic rings. The number of nitrogens with one attached hydrogen (secondary N) is 3. The zero-order valence-corrected chi connectivity index (χ0v) is 12.4. The highest BCUT2D eigenvalue weighted by Gasteiger charge is 2.16. The first-order valence-corrected chi connectivity index (χ1v) is 7.39. The Labute approximate surface area is 132 Å². The van der Waals surface area contributed by atoms with E-state index in [1.165, 1.54) is 6.33 Å². The number of ether oxygens (including phenoxy) is 1. The minimum atomic E-state index is -0.391. The van der Waals surface area contributed by atoms with Crippen LogP contribution in [0, 0.1) is 0 Å². The number of H-pyrrole nitrogens is 1. The van der Waals surface area contributed by atoms with Crippen LogP contribution in [0.4, 0.5) is 5.69 Å². The first-order chi connectivity index (χ1) is 11.2. The second-order valence-corrected chi connectivity index (χ2v) is 5.21. The van der Waals surface area contributed by atoms with Crippen LogP contribution in [-0.4, -0.2) is 46.3 Å². The van der Waals surface area contributed by atoms with Crippen LogP contribution in [0.2, 0.25) is 0 Å². The highest BCUT2D eigenvalue weighted by atomic mass is 16.5. The van der Waals surface area contributed by atoms with Crippen LogP contribution in [0.15, 0.2) is 30.6 Å². The molecule has 1 atom stereocenters. The van der Waals surface area contributed by atoms with Crippen molar-refractivity contribution >= 4 is 17.5 Å². The number of aromatic amines is 1. The summed E-state index contributed by atoms with van der Waals surface area (Å²) in [6.07, 6.45) is 3.39. The molecule has 8 nitrogen and oxygen atoms in total. The van der Waals surface area contributed by atoms with Gasteiger partial charge in [-0.1, -0.05) is 0 Å². The molecule has 1 fully saturated rings. The normalized spacial score (nSPS) is 17.0. The summed E-state index contributed by atoms with van der Waals surface area (Å²) >= 11 is 0. The molecule has 0 saturated carbocycles. The highest BCUT2D eigenvalue weighted by molar-refractivity contribution is 6.02. The SMILES string of the molecule is O=C(NC[C@H]1CCCO1)c1ccc(NC(=O)c2ncn[nH]2)cc1.